The van der Waals surface area contributed by atoms with Crippen molar-refractivity contribution in [1.29, 1.82) is 0 Å². The van der Waals surface area contributed by atoms with Crippen LogP contribution in [0.25, 0.3) is 0 Å². The molecule has 1 nitrogen and oxygen atoms in total. The second kappa shape index (κ2) is 6.29. The lowest BCUT2D eigenvalue weighted by atomic mass is 10.0. The molecule has 0 amide bonds. The molecule has 17 heavy (non-hydrogen) atoms. The average Bonchev–Trinajstić information content (AvgIpc) is 2.25. The van der Waals surface area contributed by atoms with Gasteiger partial charge in [0.15, 0.2) is 0 Å². The van der Waals surface area contributed by atoms with Crippen LogP contribution in [0.3, 0.4) is 0 Å². The molecule has 1 aromatic carbocycles. The maximum Gasteiger partial charge on any atom is 0.0316 e. The first-order valence-corrected chi connectivity index (χ1v) is 6.24. The van der Waals surface area contributed by atoms with Crippen LogP contribution < -0.4 is 5.73 Å². The van der Waals surface area contributed by atoms with Gasteiger partial charge in [-0.15, -0.1) is 0 Å². The smallest absolute Gasteiger partial charge is 0.0316 e. The molecule has 0 saturated heterocycles. The number of nitrogens with two attached hydrogens (primary N) is 1. The summed E-state index contributed by atoms with van der Waals surface area (Å²) < 4.78 is 0. The van der Waals surface area contributed by atoms with Gasteiger partial charge in [-0.1, -0.05) is 58.0 Å². The van der Waals surface area contributed by atoms with Crippen molar-refractivity contribution in [2.24, 2.45) is 0 Å². The van der Waals surface area contributed by atoms with Crippen LogP contribution in [-0.2, 0) is 0 Å². The molecule has 1 aromatic rings. The van der Waals surface area contributed by atoms with Gasteiger partial charge in [-0.3, -0.25) is 0 Å². The predicted molar refractivity (Wildman–Crippen MR) is 76.7 cm³/mol. The lowest BCUT2D eigenvalue weighted by Gasteiger charge is -2.04. The number of anilines is 1. The van der Waals surface area contributed by atoms with Crippen molar-refractivity contribution in [3.05, 3.63) is 53.6 Å². The van der Waals surface area contributed by atoms with E-state index in [4.69, 9.17) is 5.73 Å². The van der Waals surface area contributed by atoms with Crippen molar-refractivity contribution >= 4 is 5.69 Å². The molecule has 1 heteroatoms. The maximum absolute atomic E-state index is 6.00. The SMILES string of the molecule is CC(C)c1ccccc(C(C)C)cc(N)cc1. The summed E-state index contributed by atoms with van der Waals surface area (Å²) >= 11 is 0. The third kappa shape index (κ3) is 4.48. The number of nitrogen functional groups attached to an aromatic ring is 1. The summed E-state index contributed by atoms with van der Waals surface area (Å²) in [6, 6.07) is 14.6. The highest BCUT2D eigenvalue weighted by Gasteiger charge is 1.97. The quantitative estimate of drug-likeness (QED) is 0.785. The van der Waals surface area contributed by atoms with Crippen molar-refractivity contribution in [3.63, 3.8) is 0 Å². The Morgan fingerprint density at radius 3 is 1.82 bits per heavy atom. The molecule has 0 radical (unpaired) electrons. The topological polar surface area (TPSA) is 26.0 Å². The van der Waals surface area contributed by atoms with Crippen molar-refractivity contribution in [1.82, 2.24) is 0 Å². The van der Waals surface area contributed by atoms with Gasteiger partial charge in [0.05, 0.1) is 0 Å². The average molecular weight is 229 g/mol. The summed E-state index contributed by atoms with van der Waals surface area (Å²) in [6.45, 7) is 8.72. The number of hydrogen-bond donors (Lipinski definition) is 1. The Morgan fingerprint density at radius 1 is 0.765 bits per heavy atom. The summed E-state index contributed by atoms with van der Waals surface area (Å²) in [5.41, 5.74) is 9.35. The van der Waals surface area contributed by atoms with Gasteiger partial charge in [-0.05, 0) is 35.1 Å². The molecule has 92 valence electrons. The molecule has 1 rings (SSSR count). The van der Waals surface area contributed by atoms with Gasteiger partial charge in [-0.2, -0.15) is 0 Å². The van der Waals surface area contributed by atoms with Gasteiger partial charge in [0.25, 0.3) is 0 Å². The van der Waals surface area contributed by atoms with E-state index in [2.05, 4.69) is 64.1 Å². The lowest BCUT2D eigenvalue weighted by Crippen LogP contribution is -1.89. The summed E-state index contributed by atoms with van der Waals surface area (Å²) in [4.78, 5) is 0. The maximum atomic E-state index is 6.00. The largest absolute Gasteiger partial charge is 0.399 e. The van der Waals surface area contributed by atoms with Crippen LogP contribution in [0.4, 0.5) is 5.69 Å². The Hall–Kier alpha value is -1.50. The van der Waals surface area contributed by atoms with Gasteiger partial charge in [0.2, 0.25) is 0 Å². The van der Waals surface area contributed by atoms with Crippen LogP contribution in [0.15, 0.2) is 42.5 Å². The van der Waals surface area contributed by atoms with Crippen LogP contribution >= 0.6 is 0 Å². The molecule has 0 saturated carbocycles. The van der Waals surface area contributed by atoms with E-state index in [0.717, 1.165) is 5.69 Å². The van der Waals surface area contributed by atoms with E-state index >= 15 is 0 Å². The predicted octanol–water partition coefficient (Wildman–Crippen LogP) is 4.64. The van der Waals surface area contributed by atoms with E-state index in [9.17, 15) is 0 Å². The third-order valence-electron chi connectivity index (χ3n) is 2.82. The lowest BCUT2D eigenvalue weighted by molar-refractivity contribution is 0.865. The van der Waals surface area contributed by atoms with Crippen LogP contribution in [0, 0.1) is 0 Å². The summed E-state index contributed by atoms with van der Waals surface area (Å²) in [5.74, 6) is 0.997. The van der Waals surface area contributed by atoms with Gasteiger partial charge in [0, 0.05) is 5.69 Å². The van der Waals surface area contributed by atoms with Crippen molar-refractivity contribution in [2.45, 2.75) is 39.5 Å². The minimum atomic E-state index is 0.486. The van der Waals surface area contributed by atoms with E-state index < -0.39 is 0 Å². The molecule has 0 aliphatic carbocycles. The van der Waals surface area contributed by atoms with Gasteiger partial charge < -0.3 is 5.73 Å². The molecule has 2 N–H and O–H groups in total. The molecule has 0 heterocycles. The fourth-order valence-electron chi connectivity index (χ4n) is 1.61. The van der Waals surface area contributed by atoms with Crippen molar-refractivity contribution in [3.8, 4) is 0 Å². The first-order chi connectivity index (χ1) is 8.00. The van der Waals surface area contributed by atoms with Gasteiger partial charge in [0.1, 0.15) is 0 Å². The summed E-state index contributed by atoms with van der Waals surface area (Å²) in [6.07, 6.45) is 0. The normalized spacial score (nSPS) is 10.5. The molecule has 0 aliphatic rings. The standard InChI is InChI=1S/C16H23N/c1-12(2)14-7-5-6-8-15(13(3)4)11-16(17)10-9-14/h5-13H,17H2,1-4H3. The fourth-order valence-corrected chi connectivity index (χ4v) is 1.61. The van der Waals surface area contributed by atoms with Gasteiger partial charge in [-0.25, -0.2) is 0 Å². The Morgan fingerprint density at radius 2 is 1.29 bits per heavy atom. The zero-order valence-corrected chi connectivity index (χ0v) is 11.3. The Bertz CT molecular complexity index is 418. The molecule has 0 unspecified atom stereocenters. The second-order valence-corrected chi connectivity index (χ2v) is 5.01. The highest BCUT2D eigenvalue weighted by Crippen LogP contribution is 2.16. The van der Waals surface area contributed by atoms with Crippen LogP contribution in [0.1, 0.15) is 50.7 Å². The van der Waals surface area contributed by atoms with E-state index in [0.29, 0.717) is 11.8 Å². The fraction of sp³-hybridized carbons (Fsp3) is 0.375. The molecule has 0 aliphatic heterocycles. The first-order valence-electron chi connectivity index (χ1n) is 6.24. The van der Waals surface area contributed by atoms with Crippen LogP contribution in [0.2, 0.25) is 0 Å². The Labute approximate surface area is 105 Å². The Balaban J connectivity index is 3.33. The third-order valence-corrected chi connectivity index (χ3v) is 2.82. The van der Waals surface area contributed by atoms with Crippen LogP contribution in [0.5, 0.6) is 0 Å². The van der Waals surface area contributed by atoms with Gasteiger partial charge >= 0.3 is 0 Å². The number of rotatable bonds is 2. The van der Waals surface area contributed by atoms with E-state index in [-0.39, 0.29) is 0 Å². The van der Waals surface area contributed by atoms with E-state index in [1.807, 2.05) is 6.07 Å². The minimum Gasteiger partial charge on any atom is -0.399 e. The molecular formula is C16H23N. The molecular weight excluding hydrogens is 206 g/mol. The molecule has 0 atom stereocenters. The first kappa shape index (κ1) is 13.6. The highest BCUT2D eigenvalue weighted by atomic mass is 14.5. The second-order valence-electron chi connectivity index (χ2n) is 5.01. The highest BCUT2D eigenvalue weighted by molar-refractivity contribution is 5.39. The van der Waals surface area contributed by atoms with Crippen LogP contribution in [-0.4, -0.2) is 0 Å². The molecule has 0 bridgehead atoms. The summed E-state index contributed by atoms with van der Waals surface area (Å²) in [5, 5.41) is 0. The minimum absolute atomic E-state index is 0.486. The van der Waals surface area contributed by atoms with E-state index in [1.54, 1.807) is 0 Å². The Kier molecular flexibility index (Phi) is 5.02. The van der Waals surface area contributed by atoms with Crippen molar-refractivity contribution in [2.75, 3.05) is 5.73 Å². The number of hydrogen-bond acceptors (Lipinski definition) is 1. The molecule has 0 spiro atoms. The molecule has 0 aromatic heterocycles. The zero-order valence-electron chi connectivity index (χ0n) is 11.3. The van der Waals surface area contributed by atoms with E-state index in [1.165, 1.54) is 11.1 Å². The summed E-state index contributed by atoms with van der Waals surface area (Å²) in [7, 11) is 0. The van der Waals surface area contributed by atoms with Crippen molar-refractivity contribution < 1.29 is 0 Å². The zero-order chi connectivity index (χ0) is 12.8. The monoisotopic (exact) mass is 229 g/mol. The molecule has 0 fully saturated rings.